The monoisotopic (exact) mass is 729 g/mol. The van der Waals surface area contributed by atoms with E-state index >= 15 is 0 Å². The van der Waals surface area contributed by atoms with Gasteiger partial charge in [0.25, 0.3) is 0 Å². The first-order chi connectivity index (χ1) is 21.7. The molecule has 2 amide bonds. The van der Waals surface area contributed by atoms with Gasteiger partial charge >= 0.3 is 136 Å². The van der Waals surface area contributed by atoms with Crippen LogP contribution >= 0.6 is 0 Å². The van der Waals surface area contributed by atoms with Crippen molar-refractivity contribution in [2.75, 3.05) is 44.0 Å². The predicted octanol–water partition coefficient (Wildman–Crippen LogP) is 4.26. The summed E-state index contributed by atoms with van der Waals surface area (Å²) in [6.45, 7) is 13.9. The van der Waals surface area contributed by atoms with E-state index in [1.807, 2.05) is 24.7 Å². The topological polar surface area (TPSA) is 142 Å². The number of nitrogens with one attached hydrogen (secondary N) is 4. The van der Waals surface area contributed by atoms with Crippen molar-refractivity contribution in [2.45, 2.75) is 81.9 Å². The van der Waals surface area contributed by atoms with Gasteiger partial charge in [0.15, 0.2) is 5.65 Å². The van der Waals surface area contributed by atoms with Gasteiger partial charge in [0.05, 0.1) is 23.9 Å². The Kier molecular flexibility index (Phi) is 15.0. The number of hydrogen-bond acceptors (Lipinski definition) is 8. The second-order valence-corrected chi connectivity index (χ2v) is 16.2. The Hall–Kier alpha value is -2.74. The fourth-order valence-electron chi connectivity index (χ4n) is 5.01. The van der Waals surface area contributed by atoms with Gasteiger partial charge < -0.3 is 20.5 Å². The molecule has 45 heavy (non-hydrogen) atoms. The van der Waals surface area contributed by atoms with Gasteiger partial charge in [-0.05, 0) is 33.2 Å². The van der Waals surface area contributed by atoms with Crippen LogP contribution in [0.4, 0.5) is 11.4 Å². The van der Waals surface area contributed by atoms with Gasteiger partial charge in [0.1, 0.15) is 0 Å². The number of hydrogen-bond donors (Lipinski definition) is 5. The Bertz CT molecular complexity index is 1370. The Balaban J connectivity index is 0.00000102. The van der Waals surface area contributed by atoms with Gasteiger partial charge in [-0.1, -0.05) is 6.92 Å². The van der Waals surface area contributed by atoms with E-state index in [9.17, 15) is 9.59 Å². The van der Waals surface area contributed by atoms with Crippen LogP contribution in [0.3, 0.4) is 0 Å². The number of carbonyl (C=O) groups is 2. The molecule has 4 rings (SSSR count). The fraction of sp³-hybridized carbons (Fsp3) is 0.576. The fourth-order valence-corrected chi connectivity index (χ4v) is 7.96. The number of anilines is 2. The molecule has 11 nitrogen and oxygen atoms in total. The van der Waals surface area contributed by atoms with Gasteiger partial charge in [-0.15, -0.1) is 0 Å². The molecule has 0 saturated carbocycles. The number of benzene rings is 1. The molecule has 12 heteroatoms. The first-order valence-electron chi connectivity index (χ1n) is 16.1. The third kappa shape index (κ3) is 10.4. The Morgan fingerprint density at radius 1 is 1.13 bits per heavy atom. The van der Waals surface area contributed by atoms with Gasteiger partial charge in [0, 0.05) is 38.0 Å². The van der Waals surface area contributed by atoms with Gasteiger partial charge in [-0.2, -0.15) is 5.10 Å². The summed E-state index contributed by atoms with van der Waals surface area (Å²) in [5.74, 6) is -0.137. The molecular formula is C33H51N7O4Sn. The molecule has 2 aromatic heterocycles. The second-order valence-electron chi connectivity index (χ2n) is 11.7. The molecule has 1 aliphatic heterocycles. The Morgan fingerprint density at radius 2 is 1.84 bits per heavy atom. The number of ether oxygens (including phenoxy) is 1. The van der Waals surface area contributed by atoms with Crippen LogP contribution in [0.2, 0.25) is 8.87 Å². The van der Waals surface area contributed by atoms with E-state index in [1.165, 1.54) is 4.44 Å². The van der Waals surface area contributed by atoms with Crippen LogP contribution in [0, 0.1) is 5.41 Å². The molecule has 1 fully saturated rings. The Morgan fingerprint density at radius 3 is 2.42 bits per heavy atom. The van der Waals surface area contributed by atoms with Crippen molar-refractivity contribution < 1.29 is 19.4 Å². The minimum atomic E-state index is -0.496. The standard InChI is InChI=1S/C28H37N6O3.C3H9NO.C2H5.Sn/c1-6-23-21(16-29-26(35)18-8-10-19(11-9-18)32-27(36)28(3,4)5)24(31-20-12-14-37-15-13-20)22-17-30-34(7-2)25(22)33-23;1-4-2-3-5;1-2;/h8-11,17,20H,3,6-7,12-16H2,1-2,4-5H3,(H,29,35)(H,31,33)(H,32,36);4-5H,2-3H2,1H3;1H2,2H3;. The average molecular weight is 729 g/mol. The van der Waals surface area contributed by atoms with E-state index in [-0.39, 0.29) is 23.8 Å². The zero-order chi connectivity index (χ0) is 32.8. The van der Waals surface area contributed by atoms with Crippen molar-refractivity contribution in [1.29, 1.82) is 0 Å². The van der Waals surface area contributed by atoms with E-state index < -0.39 is 21.1 Å². The summed E-state index contributed by atoms with van der Waals surface area (Å²) in [5.41, 5.74) is 4.69. The van der Waals surface area contributed by atoms with Gasteiger partial charge in [-0.25, -0.2) is 9.67 Å². The number of aliphatic hydroxyl groups is 1. The molecule has 3 aromatic rings. The van der Waals surface area contributed by atoms with Crippen molar-refractivity contribution in [3.63, 3.8) is 0 Å². The maximum absolute atomic E-state index is 13.2. The number of carbonyl (C=O) groups excluding carboxylic acids is 2. The number of likely N-dealkylation sites (N-methyl/N-ethyl adjacent to an activating group) is 1. The molecule has 0 atom stereocenters. The van der Waals surface area contributed by atoms with E-state index in [4.69, 9.17) is 14.8 Å². The summed E-state index contributed by atoms with van der Waals surface area (Å²) in [6, 6.07) is 7.40. The van der Waals surface area contributed by atoms with Crippen LogP contribution in [0.1, 0.15) is 69.1 Å². The van der Waals surface area contributed by atoms with Gasteiger partial charge in [-0.3, -0.25) is 0 Å². The SMILES string of the molecule is CNCCO.C[CH2][Sn][CH2]C(C)(C)C(=O)Nc1ccc(C(=O)NCc2c(CC)nc3c(cnn3CC)c2NC2CCOCC2)cc1. The molecule has 246 valence electrons. The molecule has 1 aromatic carbocycles. The van der Waals surface area contributed by atoms with E-state index in [0.29, 0.717) is 30.4 Å². The molecule has 1 saturated heterocycles. The minimum absolute atomic E-state index is 0.0324. The van der Waals surface area contributed by atoms with Crippen LogP contribution in [-0.4, -0.2) is 92.3 Å². The van der Waals surface area contributed by atoms with Crippen molar-refractivity contribution in [3.05, 3.63) is 47.3 Å². The van der Waals surface area contributed by atoms with Crippen molar-refractivity contribution in [3.8, 4) is 0 Å². The third-order valence-electron chi connectivity index (χ3n) is 7.80. The predicted molar refractivity (Wildman–Crippen MR) is 182 cm³/mol. The zero-order valence-electron chi connectivity index (χ0n) is 27.8. The van der Waals surface area contributed by atoms with Crippen molar-refractivity contribution in [1.82, 2.24) is 25.4 Å². The molecule has 0 unspecified atom stereocenters. The number of pyridine rings is 1. The summed E-state index contributed by atoms with van der Waals surface area (Å²) in [5, 5.41) is 26.2. The molecule has 3 heterocycles. The van der Waals surface area contributed by atoms with E-state index in [1.54, 1.807) is 31.3 Å². The maximum atomic E-state index is 13.2. The molecule has 0 aliphatic carbocycles. The van der Waals surface area contributed by atoms with Gasteiger partial charge in [0.2, 0.25) is 0 Å². The average Bonchev–Trinajstić information content (AvgIpc) is 3.47. The molecule has 5 N–H and O–H groups in total. The number of fused-ring (bicyclic) bond motifs is 1. The number of amides is 2. The van der Waals surface area contributed by atoms with Crippen LogP contribution in [-0.2, 0) is 29.0 Å². The molecule has 2 radical (unpaired) electrons. The first-order valence-corrected chi connectivity index (χ1v) is 20.1. The normalized spacial score (nSPS) is 13.7. The van der Waals surface area contributed by atoms with Crippen molar-refractivity contribution in [2.24, 2.45) is 5.41 Å². The van der Waals surface area contributed by atoms with Crippen LogP contribution in [0.5, 0.6) is 0 Å². The molecule has 0 bridgehead atoms. The number of aryl methyl sites for hydroxylation is 2. The van der Waals surface area contributed by atoms with E-state index in [0.717, 1.165) is 71.4 Å². The van der Waals surface area contributed by atoms with E-state index in [2.05, 4.69) is 47.1 Å². The number of nitrogens with zero attached hydrogens (tertiary/aromatic N) is 3. The third-order valence-corrected chi connectivity index (χ3v) is 12.5. The summed E-state index contributed by atoms with van der Waals surface area (Å²) in [6.07, 6.45) is 4.47. The summed E-state index contributed by atoms with van der Waals surface area (Å²) in [4.78, 5) is 30.9. The number of aliphatic hydroxyl groups excluding tert-OH is 1. The quantitative estimate of drug-likeness (QED) is 0.155. The summed E-state index contributed by atoms with van der Waals surface area (Å²) < 4.78 is 9.71. The molecule has 1 aliphatic rings. The second kappa shape index (κ2) is 18.4. The van der Waals surface area contributed by atoms with Crippen LogP contribution in [0.15, 0.2) is 30.5 Å². The molecule has 0 spiro atoms. The Labute approximate surface area is 277 Å². The zero-order valence-corrected chi connectivity index (χ0v) is 30.6. The number of rotatable bonds is 14. The first kappa shape index (κ1) is 36.7. The van der Waals surface area contributed by atoms with Crippen molar-refractivity contribution >= 4 is 55.4 Å². The summed E-state index contributed by atoms with van der Waals surface area (Å²) >= 11 is -0.496. The van der Waals surface area contributed by atoms with Crippen LogP contribution in [0.25, 0.3) is 11.0 Å². The van der Waals surface area contributed by atoms with Crippen LogP contribution < -0.4 is 21.3 Å². The molecular weight excluding hydrogens is 677 g/mol. The number of aromatic nitrogens is 3. The summed E-state index contributed by atoms with van der Waals surface area (Å²) in [7, 11) is 1.80.